The fourth-order valence-corrected chi connectivity index (χ4v) is 4.80. The average Bonchev–Trinajstić information content (AvgIpc) is 3.23. The number of morpholine rings is 1. The number of benzene rings is 1. The average molecular weight is 446 g/mol. The minimum absolute atomic E-state index is 0.171. The van der Waals surface area contributed by atoms with E-state index in [4.69, 9.17) is 4.74 Å². The summed E-state index contributed by atoms with van der Waals surface area (Å²) < 4.78 is 10.9. The van der Waals surface area contributed by atoms with Crippen molar-refractivity contribution in [1.29, 1.82) is 0 Å². The van der Waals surface area contributed by atoms with Crippen LogP contribution in [0.4, 0.5) is 10.8 Å². The third kappa shape index (κ3) is 4.69. The molecule has 0 aliphatic carbocycles. The Morgan fingerprint density at radius 1 is 1.23 bits per heavy atom. The molecule has 0 radical (unpaired) electrons. The van der Waals surface area contributed by atoms with Crippen LogP contribution in [0.2, 0.25) is 0 Å². The summed E-state index contributed by atoms with van der Waals surface area (Å²) in [5.41, 5.74) is 1.67. The first kappa shape index (κ1) is 20.5. The van der Waals surface area contributed by atoms with Crippen LogP contribution in [0.15, 0.2) is 35.6 Å². The second-order valence-electron chi connectivity index (χ2n) is 6.33. The highest BCUT2D eigenvalue weighted by Gasteiger charge is 2.18. The number of carbonyl (C=O) groups excluding carboxylic acids is 2. The fraction of sp³-hybridized carbons (Fsp3) is 0.316. The first-order valence-corrected chi connectivity index (χ1v) is 11.0. The molecule has 1 amide bonds. The lowest BCUT2D eigenvalue weighted by molar-refractivity contribution is -0.113. The second-order valence-corrected chi connectivity index (χ2v) is 8.27. The Bertz CT molecular complexity index is 1050. The first-order valence-electron chi connectivity index (χ1n) is 9.19. The number of hydrogen-bond acceptors (Lipinski definition) is 10. The molecular weight excluding hydrogens is 426 g/mol. The number of rotatable bonds is 6. The molecular formula is C19H19N5O4S2. The van der Waals surface area contributed by atoms with Crippen LogP contribution in [-0.2, 0) is 14.3 Å². The van der Waals surface area contributed by atoms with Crippen molar-refractivity contribution in [2.75, 3.05) is 49.4 Å². The van der Waals surface area contributed by atoms with Crippen LogP contribution in [0, 0.1) is 0 Å². The molecule has 9 nitrogen and oxygen atoms in total. The topological polar surface area (TPSA) is 107 Å². The van der Waals surface area contributed by atoms with Gasteiger partial charge in [-0.2, -0.15) is 4.98 Å². The zero-order valence-corrected chi connectivity index (χ0v) is 17.8. The largest absolute Gasteiger partial charge is 0.465 e. The molecule has 11 heteroatoms. The van der Waals surface area contributed by atoms with Crippen molar-refractivity contribution in [3.05, 3.63) is 36.2 Å². The highest BCUT2D eigenvalue weighted by atomic mass is 32.2. The van der Waals surface area contributed by atoms with Gasteiger partial charge in [0.25, 0.3) is 0 Å². The molecule has 0 bridgehead atoms. The number of aromatic nitrogens is 3. The second kappa shape index (κ2) is 9.37. The van der Waals surface area contributed by atoms with Gasteiger partial charge in [-0.25, -0.2) is 14.8 Å². The summed E-state index contributed by atoms with van der Waals surface area (Å²) in [4.78, 5) is 39.2. The van der Waals surface area contributed by atoms with Crippen LogP contribution in [0.5, 0.6) is 0 Å². The van der Waals surface area contributed by atoms with Gasteiger partial charge < -0.3 is 19.7 Å². The van der Waals surface area contributed by atoms with Crippen LogP contribution < -0.4 is 10.2 Å². The molecule has 30 heavy (non-hydrogen) atoms. The van der Waals surface area contributed by atoms with Crippen molar-refractivity contribution in [2.45, 2.75) is 5.03 Å². The summed E-state index contributed by atoms with van der Waals surface area (Å²) >= 11 is 2.87. The Labute approximate surface area is 180 Å². The molecule has 0 unspecified atom stereocenters. The Morgan fingerprint density at radius 3 is 2.73 bits per heavy atom. The van der Waals surface area contributed by atoms with Gasteiger partial charge in [-0.15, -0.1) is 0 Å². The number of hydrogen-bond donors (Lipinski definition) is 1. The quantitative estimate of drug-likeness (QED) is 0.348. The Morgan fingerprint density at radius 2 is 2.00 bits per heavy atom. The molecule has 1 N–H and O–H groups in total. The number of nitrogens with one attached hydrogen (secondary N) is 1. The molecule has 3 aromatic rings. The van der Waals surface area contributed by atoms with E-state index in [1.165, 1.54) is 36.5 Å². The molecule has 156 valence electrons. The molecule has 1 aliphatic rings. The van der Waals surface area contributed by atoms with Crippen molar-refractivity contribution < 1.29 is 19.1 Å². The Balaban J connectivity index is 1.39. The monoisotopic (exact) mass is 445 g/mol. The number of carbonyl (C=O) groups is 2. The molecule has 4 rings (SSSR count). The summed E-state index contributed by atoms with van der Waals surface area (Å²) in [5.74, 6) is -0.400. The minimum atomic E-state index is -0.419. The van der Waals surface area contributed by atoms with Gasteiger partial charge in [0.2, 0.25) is 5.91 Å². The van der Waals surface area contributed by atoms with Crippen molar-refractivity contribution >= 4 is 56.1 Å². The fourth-order valence-electron chi connectivity index (χ4n) is 2.85. The standard InChI is InChI=1S/C19H19N5O4S2/c1-27-18(26)12-2-4-13(5-3-12)22-14(25)10-29-17-15-16(20-11-21-17)23-19(30-15)24-6-8-28-9-7-24/h2-5,11H,6-10H2,1H3,(H,22,25). The maximum absolute atomic E-state index is 12.3. The number of anilines is 2. The first-order chi connectivity index (χ1) is 14.6. The van der Waals surface area contributed by atoms with E-state index in [2.05, 4.69) is 29.9 Å². The normalized spacial score (nSPS) is 14.0. The lowest BCUT2D eigenvalue weighted by Gasteiger charge is -2.25. The summed E-state index contributed by atoms with van der Waals surface area (Å²) in [6.07, 6.45) is 1.47. The molecule has 1 saturated heterocycles. The molecule has 1 fully saturated rings. The van der Waals surface area contributed by atoms with E-state index in [0.29, 0.717) is 30.1 Å². The van der Waals surface area contributed by atoms with Crippen molar-refractivity contribution in [1.82, 2.24) is 15.0 Å². The molecule has 0 spiro atoms. The van der Waals surface area contributed by atoms with Gasteiger partial charge in [0, 0.05) is 18.8 Å². The van der Waals surface area contributed by atoms with Gasteiger partial charge in [-0.1, -0.05) is 23.1 Å². The summed E-state index contributed by atoms with van der Waals surface area (Å²) in [7, 11) is 1.33. The minimum Gasteiger partial charge on any atom is -0.465 e. The number of fused-ring (bicyclic) bond motifs is 1. The van der Waals surface area contributed by atoms with E-state index in [9.17, 15) is 9.59 Å². The number of esters is 1. The molecule has 0 atom stereocenters. The van der Waals surface area contributed by atoms with Gasteiger partial charge in [0.05, 0.1) is 31.6 Å². The Kier molecular flexibility index (Phi) is 6.41. The number of thiazole rings is 1. The third-order valence-electron chi connectivity index (χ3n) is 4.36. The van der Waals surface area contributed by atoms with Crippen LogP contribution in [-0.4, -0.2) is 66.0 Å². The van der Waals surface area contributed by atoms with Crippen molar-refractivity contribution in [3.8, 4) is 0 Å². The van der Waals surface area contributed by atoms with Gasteiger partial charge in [0.1, 0.15) is 16.1 Å². The summed E-state index contributed by atoms with van der Waals surface area (Å²) in [6.45, 7) is 2.97. The SMILES string of the molecule is COC(=O)c1ccc(NC(=O)CSc2ncnc3nc(N4CCOCC4)sc23)cc1. The smallest absolute Gasteiger partial charge is 0.337 e. The number of methoxy groups -OCH3 is 1. The number of amides is 1. The molecule has 0 saturated carbocycles. The zero-order valence-electron chi connectivity index (χ0n) is 16.2. The molecule has 1 aromatic carbocycles. The highest BCUT2D eigenvalue weighted by molar-refractivity contribution is 8.00. The number of ether oxygens (including phenoxy) is 2. The zero-order chi connectivity index (χ0) is 20.9. The third-order valence-corrected chi connectivity index (χ3v) is 6.59. The lowest BCUT2D eigenvalue weighted by atomic mass is 10.2. The predicted octanol–water partition coefficient (Wildman–Crippen LogP) is 2.44. The van der Waals surface area contributed by atoms with Crippen LogP contribution in [0.25, 0.3) is 10.3 Å². The van der Waals surface area contributed by atoms with Gasteiger partial charge in [-0.05, 0) is 24.3 Å². The van der Waals surface area contributed by atoms with E-state index in [0.717, 1.165) is 27.9 Å². The molecule has 1 aliphatic heterocycles. The van der Waals surface area contributed by atoms with Crippen LogP contribution in [0.3, 0.4) is 0 Å². The van der Waals surface area contributed by atoms with E-state index in [1.807, 2.05) is 0 Å². The number of nitrogens with zero attached hydrogens (tertiary/aromatic N) is 4. The number of thioether (sulfide) groups is 1. The van der Waals surface area contributed by atoms with Gasteiger partial charge in [-0.3, -0.25) is 4.79 Å². The van der Waals surface area contributed by atoms with Crippen LogP contribution in [0.1, 0.15) is 10.4 Å². The van der Waals surface area contributed by atoms with Crippen molar-refractivity contribution in [2.24, 2.45) is 0 Å². The summed E-state index contributed by atoms with van der Waals surface area (Å²) in [5, 5.41) is 4.44. The lowest BCUT2D eigenvalue weighted by Crippen LogP contribution is -2.36. The van der Waals surface area contributed by atoms with Gasteiger partial charge in [0.15, 0.2) is 10.8 Å². The van der Waals surface area contributed by atoms with E-state index >= 15 is 0 Å². The van der Waals surface area contributed by atoms with E-state index in [1.54, 1.807) is 24.3 Å². The maximum atomic E-state index is 12.3. The van der Waals surface area contributed by atoms with E-state index in [-0.39, 0.29) is 11.7 Å². The van der Waals surface area contributed by atoms with Crippen molar-refractivity contribution in [3.63, 3.8) is 0 Å². The molecule has 2 aromatic heterocycles. The summed E-state index contributed by atoms with van der Waals surface area (Å²) in [6, 6.07) is 6.53. The molecule has 3 heterocycles. The highest BCUT2D eigenvalue weighted by Crippen LogP contribution is 2.34. The van der Waals surface area contributed by atoms with Gasteiger partial charge >= 0.3 is 5.97 Å². The van der Waals surface area contributed by atoms with Crippen LogP contribution >= 0.6 is 23.1 Å². The predicted molar refractivity (Wildman–Crippen MR) is 115 cm³/mol. The van der Waals surface area contributed by atoms with E-state index < -0.39 is 5.97 Å². The Hall–Kier alpha value is -2.76. The maximum Gasteiger partial charge on any atom is 0.337 e.